The molecule has 0 spiro atoms. The van der Waals surface area contributed by atoms with E-state index in [-0.39, 0.29) is 43.5 Å². The number of amides is 10. The molecule has 0 aromatic heterocycles. The summed E-state index contributed by atoms with van der Waals surface area (Å²) in [6, 6.07) is 3.59. The second-order valence-corrected chi connectivity index (χ2v) is 18.3. The van der Waals surface area contributed by atoms with Crippen LogP contribution < -0.4 is 60.2 Å². The predicted molar refractivity (Wildman–Crippen MR) is 269 cm³/mol. The number of phenols is 1. The fourth-order valence-electron chi connectivity index (χ4n) is 7.33. The maximum atomic E-state index is 14.3. The Morgan fingerprint density at radius 1 is 0.597 bits per heavy atom. The van der Waals surface area contributed by atoms with E-state index in [0.717, 1.165) is 6.42 Å². The molecule has 400 valence electrons. The Kier molecular flexibility index (Phi) is 26.8. The summed E-state index contributed by atoms with van der Waals surface area (Å²) in [6.45, 7) is 10.3. The summed E-state index contributed by atoms with van der Waals surface area (Å²) in [4.78, 5) is 121. The molecule has 0 aliphatic carbocycles. The molecule has 0 aliphatic heterocycles. The quantitative estimate of drug-likeness (QED) is 0.0380. The third-order valence-electron chi connectivity index (χ3n) is 11.6. The highest BCUT2D eigenvalue weighted by atomic mass is 16.3. The van der Waals surface area contributed by atoms with E-state index in [2.05, 4.69) is 37.2 Å². The number of hydrogen-bond acceptors (Lipinski definition) is 13. The molecule has 72 heavy (non-hydrogen) atoms. The predicted octanol–water partition coefficient (Wildman–Crippen LogP) is -1.31. The molecule has 0 saturated carbocycles. The Labute approximate surface area is 421 Å². The van der Waals surface area contributed by atoms with Gasteiger partial charge in [0.1, 0.15) is 42.0 Å². The summed E-state index contributed by atoms with van der Waals surface area (Å²) in [5, 5.41) is 38.3. The number of nitrogens with zero attached hydrogens (tertiary/aromatic N) is 1. The summed E-state index contributed by atoms with van der Waals surface area (Å²) in [7, 11) is 0. The lowest BCUT2D eigenvalue weighted by molar-refractivity contribution is -0.136. The van der Waals surface area contributed by atoms with Crippen molar-refractivity contribution in [3.05, 3.63) is 65.7 Å². The van der Waals surface area contributed by atoms with E-state index in [9.17, 15) is 53.4 Å². The minimum atomic E-state index is -1.69. The largest absolute Gasteiger partial charge is 0.508 e. The minimum absolute atomic E-state index is 0.0564. The van der Waals surface area contributed by atoms with E-state index >= 15 is 0 Å². The van der Waals surface area contributed by atoms with E-state index in [1.807, 2.05) is 6.92 Å². The van der Waals surface area contributed by atoms with Crippen LogP contribution >= 0.6 is 0 Å². The van der Waals surface area contributed by atoms with Crippen molar-refractivity contribution in [2.75, 3.05) is 13.1 Å². The molecule has 10 amide bonds. The third-order valence-corrected chi connectivity index (χ3v) is 11.6. The molecule has 0 unspecified atom stereocenters. The van der Waals surface area contributed by atoms with Crippen LogP contribution in [0.4, 0.5) is 4.79 Å². The van der Waals surface area contributed by atoms with Crippen LogP contribution in [0.3, 0.4) is 0 Å². The zero-order valence-electron chi connectivity index (χ0n) is 42.3. The number of nitrogens with one attached hydrogen (secondary N) is 7. The highest BCUT2D eigenvalue weighted by Gasteiger charge is 2.35. The number of urea groups is 1. The zero-order chi connectivity index (χ0) is 54.1. The number of aromatic hydroxyl groups is 1. The van der Waals surface area contributed by atoms with E-state index in [4.69, 9.17) is 22.9 Å². The summed E-state index contributed by atoms with van der Waals surface area (Å²) in [5.74, 6) is -6.83. The van der Waals surface area contributed by atoms with Gasteiger partial charge in [-0.2, -0.15) is 0 Å². The number of carbonyl (C=O) groups is 9. The van der Waals surface area contributed by atoms with Crippen molar-refractivity contribution < 1.29 is 53.4 Å². The fourth-order valence-corrected chi connectivity index (χ4v) is 7.33. The van der Waals surface area contributed by atoms with Crippen LogP contribution in [-0.2, 0) is 51.2 Å². The van der Waals surface area contributed by atoms with E-state index < -0.39 is 108 Å². The molecule has 0 bridgehead atoms. The molecule has 0 aliphatic rings. The lowest BCUT2D eigenvalue weighted by Gasteiger charge is -2.31. The normalized spacial score (nSPS) is 14.9. The van der Waals surface area contributed by atoms with Gasteiger partial charge in [0, 0.05) is 31.5 Å². The number of rotatable bonds is 32. The van der Waals surface area contributed by atoms with Crippen LogP contribution in [0, 0.1) is 0 Å². The first kappa shape index (κ1) is 61.3. The molecule has 23 nitrogen and oxygen atoms in total. The number of phenolic OH excluding ortho intramolecular Hbond substituents is 1. The average Bonchev–Trinajstić information content (AvgIpc) is 3.31. The molecule has 2 rings (SSSR count). The van der Waals surface area contributed by atoms with Gasteiger partial charge >= 0.3 is 6.03 Å². The second-order valence-electron chi connectivity index (χ2n) is 18.3. The van der Waals surface area contributed by atoms with Gasteiger partial charge in [-0.25, -0.2) is 4.79 Å². The van der Waals surface area contributed by atoms with E-state index in [1.54, 1.807) is 51.1 Å². The van der Waals surface area contributed by atoms with Crippen LogP contribution in [0.25, 0.3) is 0 Å². The van der Waals surface area contributed by atoms with Crippen LogP contribution in [-0.4, -0.2) is 142 Å². The second kappa shape index (κ2) is 31.5. The topological polar surface area (TPSA) is 386 Å². The average molecular weight is 1010 g/mol. The van der Waals surface area contributed by atoms with Gasteiger partial charge in [-0.1, -0.05) is 68.7 Å². The van der Waals surface area contributed by atoms with Gasteiger partial charge < -0.3 is 75.3 Å². The van der Waals surface area contributed by atoms with Gasteiger partial charge in [-0.05, 0) is 90.1 Å². The maximum Gasteiger partial charge on any atom is 0.318 e. The number of aliphatic hydroxyl groups excluding tert-OH is 1. The number of benzene rings is 2. The Morgan fingerprint density at radius 3 is 1.71 bits per heavy atom. The van der Waals surface area contributed by atoms with Gasteiger partial charge in [0.2, 0.25) is 47.3 Å². The zero-order valence-corrected chi connectivity index (χ0v) is 42.3. The molecule has 17 N–H and O–H groups in total. The summed E-state index contributed by atoms with van der Waals surface area (Å²) >= 11 is 0. The van der Waals surface area contributed by atoms with Gasteiger partial charge in [-0.15, -0.1) is 0 Å². The molecule has 0 saturated heterocycles. The SMILES string of the molecule is CCCC[C@H](NC(=O)[C@@H](NC(=O)[C@H](C)NC(=O)[C@H](Cc1ccccc1)NC(=O)[C@H](CC(N)=O)NC(=O)[C@H](Cc1ccc(O)cc1)NC(=O)N(CC[C@H](C)NC(=O)[C@@H](N)CCCCN)C(C)C)[C@@H](C)O)C(N)=O. The molecule has 0 fully saturated rings. The van der Waals surface area contributed by atoms with Gasteiger partial charge in [-0.3, -0.25) is 38.4 Å². The van der Waals surface area contributed by atoms with Crippen LogP contribution in [0.1, 0.15) is 104 Å². The van der Waals surface area contributed by atoms with Crippen LogP contribution in [0.2, 0.25) is 0 Å². The van der Waals surface area contributed by atoms with Crippen molar-refractivity contribution in [2.45, 2.75) is 166 Å². The summed E-state index contributed by atoms with van der Waals surface area (Å²) in [5.41, 5.74) is 23.7. The highest BCUT2D eigenvalue weighted by molar-refractivity contribution is 5.98. The maximum absolute atomic E-state index is 14.3. The molecule has 23 heteroatoms. The monoisotopic (exact) mass is 1010 g/mol. The Bertz CT molecular complexity index is 2090. The molecule has 2 aromatic carbocycles. The van der Waals surface area contributed by atoms with Crippen molar-refractivity contribution >= 4 is 53.3 Å². The Hall–Kier alpha value is -6.85. The molecule has 0 heterocycles. The van der Waals surface area contributed by atoms with Crippen molar-refractivity contribution in [1.82, 2.24) is 42.1 Å². The van der Waals surface area contributed by atoms with Crippen molar-refractivity contribution in [3.63, 3.8) is 0 Å². The highest BCUT2D eigenvalue weighted by Crippen LogP contribution is 2.14. The number of hydrogen-bond donors (Lipinski definition) is 13. The van der Waals surface area contributed by atoms with Crippen LogP contribution in [0.15, 0.2) is 54.6 Å². The third kappa shape index (κ3) is 22.1. The number of carbonyl (C=O) groups excluding carboxylic acids is 9. The van der Waals surface area contributed by atoms with E-state index in [0.29, 0.717) is 49.8 Å². The van der Waals surface area contributed by atoms with E-state index in [1.165, 1.54) is 43.0 Å². The Morgan fingerprint density at radius 2 is 1.15 bits per heavy atom. The number of aliphatic hydroxyl groups is 1. The summed E-state index contributed by atoms with van der Waals surface area (Å²) < 4.78 is 0. The number of nitrogens with two attached hydrogens (primary N) is 4. The van der Waals surface area contributed by atoms with Gasteiger partial charge in [0.15, 0.2) is 0 Å². The van der Waals surface area contributed by atoms with Crippen molar-refractivity contribution in [2.24, 2.45) is 22.9 Å². The first-order valence-corrected chi connectivity index (χ1v) is 24.4. The first-order valence-electron chi connectivity index (χ1n) is 24.4. The van der Waals surface area contributed by atoms with Gasteiger partial charge in [0.25, 0.3) is 0 Å². The number of primary amides is 2. The van der Waals surface area contributed by atoms with Gasteiger partial charge in [0.05, 0.1) is 18.6 Å². The lowest BCUT2D eigenvalue weighted by atomic mass is 10.0. The number of unbranched alkanes of at least 4 members (excludes halogenated alkanes) is 2. The molecule has 9 atom stereocenters. The Balaban J connectivity index is 2.36. The lowest BCUT2D eigenvalue weighted by Crippen LogP contribution is -2.61. The summed E-state index contributed by atoms with van der Waals surface area (Å²) in [6.07, 6.45) is 1.23. The minimum Gasteiger partial charge on any atom is -0.508 e. The van der Waals surface area contributed by atoms with Crippen molar-refractivity contribution in [3.8, 4) is 5.75 Å². The standard InChI is InChI=1S/C49H78N12O11/c1-7-8-17-36(42(53)65)56-48(71)41(31(6)62)60-43(66)30(5)55-45(68)37(25-32-14-10-9-11-15-32)57-47(70)39(27-40(52)64)58-46(69)38(26-33-18-20-34(63)21-19-33)59-49(72)61(28(2)3)24-22-29(4)54-44(67)35(51)16-12-13-23-50/h9-11,14-15,18-21,28-31,35-39,41,62-63H,7-8,12-13,16-17,22-27,50-51H2,1-6H3,(H2,52,64)(H2,53,65)(H,54,67)(H,55,68)(H,56,71)(H,57,70)(H,58,69)(H,59,72)(H,60,66)/t29-,30-,31+,35-,36-,37-,38-,39-,41-/m0/s1. The molecule has 2 aromatic rings. The smallest absolute Gasteiger partial charge is 0.318 e. The molecular formula is C49H78N12O11. The van der Waals surface area contributed by atoms with Crippen molar-refractivity contribution in [1.29, 1.82) is 0 Å². The van der Waals surface area contributed by atoms with Crippen LogP contribution in [0.5, 0.6) is 5.75 Å². The first-order chi connectivity index (χ1) is 34.0. The molecular weight excluding hydrogens is 933 g/mol. The fraction of sp³-hybridized carbons (Fsp3) is 0.571. The molecule has 0 radical (unpaired) electrons.